The molecular weight excluding hydrogens is 214 g/mol. The van der Waals surface area contributed by atoms with Crippen LogP contribution in [0.3, 0.4) is 0 Å². The molecule has 2 heterocycles. The van der Waals surface area contributed by atoms with Crippen LogP contribution in [0.1, 0.15) is 50.8 Å². The summed E-state index contributed by atoms with van der Waals surface area (Å²) in [5, 5.41) is 0. The third-order valence-corrected chi connectivity index (χ3v) is 3.44. The van der Waals surface area contributed by atoms with E-state index >= 15 is 0 Å². The van der Waals surface area contributed by atoms with Gasteiger partial charge in [0.2, 0.25) is 5.89 Å². The average Bonchev–Trinajstić information content (AvgIpc) is 2.94. The Labute approximate surface area is 103 Å². The molecule has 1 saturated heterocycles. The molecule has 1 aliphatic heterocycles. The van der Waals surface area contributed by atoms with E-state index < -0.39 is 0 Å². The highest BCUT2D eigenvalue weighted by Crippen LogP contribution is 2.33. The zero-order valence-corrected chi connectivity index (χ0v) is 10.9. The normalized spacial score (nSPS) is 21.5. The van der Waals surface area contributed by atoms with Gasteiger partial charge in [-0.25, -0.2) is 4.98 Å². The van der Waals surface area contributed by atoms with Crippen molar-refractivity contribution in [2.24, 2.45) is 5.73 Å². The lowest BCUT2D eigenvalue weighted by atomic mass is 10.2. The summed E-state index contributed by atoms with van der Waals surface area (Å²) in [7, 11) is 0. The molecule has 1 atom stereocenters. The fourth-order valence-electron chi connectivity index (χ4n) is 2.54. The van der Waals surface area contributed by atoms with Crippen LogP contribution in [0.2, 0.25) is 0 Å². The second kappa shape index (κ2) is 5.65. The van der Waals surface area contributed by atoms with Gasteiger partial charge in [-0.2, -0.15) is 0 Å². The van der Waals surface area contributed by atoms with E-state index in [4.69, 9.17) is 10.2 Å². The van der Waals surface area contributed by atoms with Crippen molar-refractivity contribution in [2.75, 3.05) is 13.1 Å². The molecule has 0 amide bonds. The predicted molar refractivity (Wildman–Crippen MR) is 67.7 cm³/mol. The number of hydrogen-bond acceptors (Lipinski definition) is 4. The van der Waals surface area contributed by atoms with Gasteiger partial charge in [-0.15, -0.1) is 0 Å². The maximum absolute atomic E-state index is 5.84. The summed E-state index contributed by atoms with van der Waals surface area (Å²) in [6.07, 6.45) is 6.13. The standard InChI is InChI=1S/C13H23N3O/c1-10(2)16-8-4-6-12(16)13-15-9-11(17-13)5-3-7-14/h9-10,12H,3-8,14H2,1-2H3. The summed E-state index contributed by atoms with van der Waals surface area (Å²) in [6.45, 7) is 6.33. The minimum atomic E-state index is 0.377. The first-order chi connectivity index (χ1) is 8.22. The smallest absolute Gasteiger partial charge is 0.211 e. The lowest BCUT2D eigenvalue weighted by molar-refractivity contribution is 0.177. The Morgan fingerprint density at radius 2 is 2.41 bits per heavy atom. The first kappa shape index (κ1) is 12.6. The van der Waals surface area contributed by atoms with Gasteiger partial charge >= 0.3 is 0 Å². The van der Waals surface area contributed by atoms with Crippen molar-refractivity contribution in [3.8, 4) is 0 Å². The van der Waals surface area contributed by atoms with E-state index in [9.17, 15) is 0 Å². The summed E-state index contributed by atoms with van der Waals surface area (Å²) < 4.78 is 5.84. The third kappa shape index (κ3) is 2.87. The zero-order chi connectivity index (χ0) is 12.3. The molecule has 1 aromatic rings. The lowest BCUT2D eigenvalue weighted by Crippen LogP contribution is -2.30. The van der Waals surface area contributed by atoms with E-state index in [1.54, 1.807) is 0 Å². The Kier molecular flexibility index (Phi) is 4.18. The Bertz CT molecular complexity index is 348. The Morgan fingerprint density at radius 1 is 1.59 bits per heavy atom. The van der Waals surface area contributed by atoms with Crippen molar-refractivity contribution in [3.63, 3.8) is 0 Å². The lowest BCUT2D eigenvalue weighted by Gasteiger charge is -2.25. The zero-order valence-electron chi connectivity index (χ0n) is 10.9. The van der Waals surface area contributed by atoms with Gasteiger partial charge in [-0.1, -0.05) is 0 Å². The van der Waals surface area contributed by atoms with Crippen molar-refractivity contribution < 1.29 is 4.42 Å². The number of likely N-dealkylation sites (tertiary alicyclic amines) is 1. The molecule has 0 aliphatic carbocycles. The second-order valence-corrected chi connectivity index (χ2v) is 5.05. The predicted octanol–water partition coefficient (Wildman–Crippen LogP) is 2.11. The maximum atomic E-state index is 5.84. The van der Waals surface area contributed by atoms with Gasteiger partial charge < -0.3 is 10.2 Å². The van der Waals surface area contributed by atoms with Crippen LogP contribution in [-0.4, -0.2) is 29.0 Å². The summed E-state index contributed by atoms with van der Waals surface area (Å²) >= 11 is 0. The minimum Gasteiger partial charge on any atom is -0.444 e. The maximum Gasteiger partial charge on any atom is 0.211 e. The molecule has 4 nitrogen and oxygen atoms in total. The molecule has 4 heteroatoms. The number of nitrogens with zero attached hydrogens (tertiary/aromatic N) is 2. The van der Waals surface area contributed by atoms with E-state index in [1.807, 2.05) is 6.20 Å². The van der Waals surface area contributed by atoms with Crippen molar-refractivity contribution >= 4 is 0 Å². The van der Waals surface area contributed by atoms with Gasteiger partial charge in [-0.3, -0.25) is 4.90 Å². The number of rotatable bonds is 5. The van der Waals surface area contributed by atoms with Gasteiger partial charge in [0.25, 0.3) is 0 Å². The Morgan fingerprint density at radius 3 is 3.12 bits per heavy atom. The molecular formula is C13H23N3O. The highest BCUT2D eigenvalue weighted by molar-refractivity contribution is 5.01. The number of hydrogen-bond donors (Lipinski definition) is 1. The molecule has 0 saturated carbocycles. The summed E-state index contributed by atoms with van der Waals surface area (Å²) in [5.41, 5.74) is 5.50. The van der Waals surface area contributed by atoms with Gasteiger partial charge in [0, 0.05) is 12.5 Å². The summed E-state index contributed by atoms with van der Waals surface area (Å²) in [4.78, 5) is 6.91. The second-order valence-electron chi connectivity index (χ2n) is 5.05. The van der Waals surface area contributed by atoms with Crippen molar-refractivity contribution in [1.29, 1.82) is 0 Å². The van der Waals surface area contributed by atoms with E-state index in [0.29, 0.717) is 18.6 Å². The van der Waals surface area contributed by atoms with Crippen molar-refractivity contribution in [2.45, 2.75) is 51.6 Å². The van der Waals surface area contributed by atoms with Gasteiger partial charge in [0.15, 0.2) is 0 Å². The Balaban J connectivity index is 2.03. The number of aryl methyl sites for hydroxylation is 1. The van der Waals surface area contributed by atoms with Gasteiger partial charge in [-0.05, 0) is 46.2 Å². The highest BCUT2D eigenvalue weighted by atomic mass is 16.4. The first-order valence-electron chi connectivity index (χ1n) is 6.62. The molecule has 1 unspecified atom stereocenters. The van der Waals surface area contributed by atoms with Crippen LogP contribution in [0.4, 0.5) is 0 Å². The molecule has 0 radical (unpaired) electrons. The molecule has 2 rings (SSSR count). The highest BCUT2D eigenvalue weighted by Gasteiger charge is 2.31. The number of aromatic nitrogens is 1. The average molecular weight is 237 g/mol. The fraction of sp³-hybridized carbons (Fsp3) is 0.769. The molecule has 96 valence electrons. The number of nitrogens with two attached hydrogens (primary N) is 1. The topological polar surface area (TPSA) is 55.3 Å². The fourth-order valence-corrected chi connectivity index (χ4v) is 2.54. The monoisotopic (exact) mass is 237 g/mol. The van der Waals surface area contributed by atoms with Crippen LogP contribution in [0, 0.1) is 0 Å². The minimum absolute atomic E-state index is 0.377. The van der Waals surface area contributed by atoms with E-state index in [2.05, 4.69) is 23.7 Å². The van der Waals surface area contributed by atoms with Crippen molar-refractivity contribution in [1.82, 2.24) is 9.88 Å². The number of oxazole rings is 1. The third-order valence-electron chi connectivity index (χ3n) is 3.44. The summed E-state index contributed by atoms with van der Waals surface area (Å²) in [5.74, 6) is 1.87. The first-order valence-corrected chi connectivity index (χ1v) is 6.62. The molecule has 0 bridgehead atoms. The van der Waals surface area contributed by atoms with Crippen LogP contribution in [0.25, 0.3) is 0 Å². The molecule has 1 fully saturated rings. The molecule has 1 aromatic heterocycles. The van der Waals surface area contributed by atoms with E-state index in [1.165, 1.54) is 6.42 Å². The Hall–Kier alpha value is -0.870. The van der Waals surface area contributed by atoms with Crippen LogP contribution < -0.4 is 5.73 Å². The van der Waals surface area contributed by atoms with Crippen LogP contribution in [-0.2, 0) is 6.42 Å². The molecule has 0 aromatic carbocycles. The molecule has 1 aliphatic rings. The van der Waals surface area contributed by atoms with Gasteiger partial charge in [0.1, 0.15) is 5.76 Å². The van der Waals surface area contributed by atoms with Crippen LogP contribution in [0.15, 0.2) is 10.6 Å². The van der Waals surface area contributed by atoms with Crippen molar-refractivity contribution in [3.05, 3.63) is 17.8 Å². The largest absolute Gasteiger partial charge is 0.444 e. The van der Waals surface area contributed by atoms with Crippen LogP contribution >= 0.6 is 0 Å². The molecule has 17 heavy (non-hydrogen) atoms. The molecule has 0 spiro atoms. The molecule has 2 N–H and O–H groups in total. The van der Waals surface area contributed by atoms with Gasteiger partial charge in [0.05, 0.1) is 12.2 Å². The summed E-state index contributed by atoms with van der Waals surface area (Å²) in [6, 6.07) is 0.934. The van der Waals surface area contributed by atoms with E-state index in [0.717, 1.165) is 37.5 Å². The SMILES string of the molecule is CC(C)N1CCCC1c1ncc(CCCN)o1. The van der Waals surface area contributed by atoms with Crippen LogP contribution in [0.5, 0.6) is 0 Å². The quantitative estimate of drug-likeness (QED) is 0.852. The van der Waals surface area contributed by atoms with E-state index in [-0.39, 0.29) is 0 Å².